The highest BCUT2D eigenvalue weighted by Crippen LogP contribution is 2.18. The Morgan fingerprint density at radius 2 is 1.00 bits per heavy atom. The monoisotopic (exact) mass is 1000 g/mol. The lowest BCUT2D eigenvalue weighted by atomic mass is 10.0. The van der Waals surface area contributed by atoms with Crippen LogP contribution in [0.3, 0.4) is 0 Å². The normalized spacial score (nSPS) is 12.7. The number of aromatic nitrogens is 2. The molecule has 71 heavy (non-hydrogen) atoms. The van der Waals surface area contributed by atoms with Crippen LogP contribution in [0.5, 0.6) is 11.5 Å². The zero-order chi connectivity index (χ0) is 53.6. The molecule has 0 bridgehead atoms. The van der Waals surface area contributed by atoms with Crippen molar-refractivity contribution in [1.29, 1.82) is 0 Å². The smallest absolute Gasteiger partial charge is 0.413 e. The van der Waals surface area contributed by atoms with Gasteiger partial charge in [0.25, 0.3) is 11.8 Å². The summed E-state index contributed by atoms with van der Waals surface area (Å²) in [4.78, 5) is 70.5. The number of ether oxygens (including phenoxy) is 6. The number of methoxy groups -OCH3 is 2. The molecule has 1 unspecified atom stereocenters. The number of hydrogen-bond donors (Lipinski definition) is 7. The van der Waals surface area contributed by atoms with E-state index in [9.17, 15) is 29.1 Å². The SMILES string of the molecule is C.C=C(NCCC[C@H](NC(=O)C(C)(C)OC)C(=O)COc1cc(C)nc(C)c1)NC(=O)OC(C)(C)C.C=C(NCCC[C@H](NC(=O)C(C)(C)OC)C(O)COc1cc(C)nc(C)c1)NC(=O)OC(C)(C)C. The number of rotatable bonds is 26. The van der Waals surface area contributed by atoms with Gasteiger partial charge in [0.1, 0.15) is 64.9 Å². The van der Waals surface area contributed by atoms with Crippen LogP contribution in [0.15, 0.2) is 49.1 Å². The molecule has 402 valence electrons. The topological polar surface area (TPSA) is 259 Å². The molecule has 0 saturated heterocycles. The summed E-state index contributed by atoms with van der Waals surface area (Å²) in [5.41, 5.74) is -0.194. The molecule has 0 aliphatic heterocycles. The molecule has 0 aromatic carbocycles. The Bertz CT molecular complexity index is 2020. The Morgan fingerprint density at radius 1 is 0.620 bits per heavy atom. The maximum absolute atomic E-state index is 12.9. The van der Waals surface area contributed by atoms with E-state index in [4.69, 9.17) is 28.4 Å². The molecule has 0 spiro atoms. The number of pyridine rings is 2. The first kappa shape index (κ1) is 65.0. The number of alkyl carbamates (subject to hydrolysis) is 2. The molecule has 3 atom stereocenters. The third-order valence-corrected chi connectivity index (χ3v) is 9.84. The van der Waals surface area contributed by atoms with Crippen molar-refractivity contribution in [3.63, 3.8) is 0 Å². The highest BCUT2D eigenvalue weighted by molar-refractivity contribution is 5.92. The number of nitrogens with one attached hydrogen (secondary N) is 6. The van der Waals surface area contributed by atoms with Gasteiger partial charge in [-0.25, -0.2) is 9.59 Å². The van der Waals surface area contributed by atoms with Crippen LogP contribution in [0.1, 0.15) is 125 Å². The molecule has 7 N–H and O–H groups in total. The van der Waals surface area contributed by atoms with Crippen molar-refractivity contribution in [2.75, 3.05) is 40.5 Å². The molecule has 0 aliphatic rings. The first-order valence-electron chi connectivity index (χ1n) is 23.2. The van der Waals surface area contributed by atoms with Gasteiger partial charge in [0.15, 0.2) is 5.78 Å². The van der Waals surface area contributed by atoms with E-state index in [1.165, 1.54) is 14.2 Å². The number of aryl methyl sites for hydroxylation is 4. The second kappa shape index (κ2) is 30.0. The summed E-state index contributed by atoms with van der Waals surface area (Å²) < 4.78 is 32.3. The van der Waals surface area contributed by atoms with Crippen LogP contribution < -0.4 is 41.4 Å². The number of aliphatic hydroxyl groups is 1. The second-order valence-corrected chi connectivity index (χ2v) is 19.7. The van der Waals surface area contributed by atoms with Crippen molar-refractivity contribution in [3.05, 3.63) is 71.8 Å². The van der Waals surface area contributed by atoms with Gasteiger partial charge < -0.3 is 54.8 Å². The summed E-state index contributed by atoms with van der Waals surface area (Å²) in [5, 5.41) is 27.5. The van der Waals surface area contributed by atoms with E-state index in [0.717, 1.165) is 22.8 Å². The van der Waals surface area contributed by atoms with Gasteiger partial charge >= 0.3 is 12.2 Å². The number of nitrogens with zero attached hydrogens (tertiary/aromatic N) is 2. The molecule has 0 radical (unpaired) electrons. The average molecular weight is 1000 g/mol. The van der Waals surface area contributed by atoms with Crippen LogP contribution >= 0.6 is 0 Å². The molecular formula is C51H86N8O12. The minimum absolute atomic E-state index is 0. The van der Waals surface area contributed by atoms with E-state index in [1.54, 1.807) is 93.5 Å². The van der Waals surface area contributed by atoms with E-state index in [-0.39, 0.29) is 38.2 Å². The Morgan fingerprint density at radius 3 is 1.39 bits per heavy atom. The lowest BCUT2D eigenvalue weighted by molar-refractivity contribution is -0.142. The molecule has 20 heteroatoms. The molecule has 0 aliphatic carbocycles. The van der Waals surface area contributed by atoms with Crippen LogP contribution in [0.25, 0.3) is 0 Å². The van der Waals surface area contributed by atoms with Gasteiger partial charge in [-0.05, 0) is 123 Å². The van der Waals surface area contributed by atoms with Crippen LogP contribution in [-0.4, -0.2) is 126 Å². The fourth-order valence-corrected chi connectivity index (χ4v) is 5.89. The molecule has 2 rings (SSSR count). The van der Waals surface area contributed by atoms with Crippen molar-refractivity contribution in [2.24, 2.45) is 0 Å². The zero-order valence-electron chi connectivity index (χ0n) is 44.4. The first-order chi connectivity index (χ1) is 32.2. The molecule has 20 nitrogen and oxygen atoms in total. The van der Waals surface area contributed by atoms with E-state index >= 15 is 0 Å². The van der Waals surface area contributed by atoms with E-state index in [1.807, 2.05) is 27.7 Å². The van der Waals surface area contributed by atoms with Gasteiger partial charge in [-0.2, -0.15) is 0 Å². The van der Waals surface area contributed by atoms with Crippen molar-refractivity contribution >= 4 is 29.8 Å². The summed E-state index contributed by atoms with van der Waals surface area (Å²) in [6.45, 7) is 32.7. The van der Waals surface area contributed by atoms with Crippen LogP contribution in [0, 0.1) is 27.7 Å². The van der Waals surface area contributed by atoms with Crippen molar-refractivity contribution in [3.8, 4) is 11.5 Å². The molecule has 2 aromatic heterocycles. The Hall–Kier alpha value is -5.99. The number of Topliss-reactive ketones (excluding diaryl/α,β-unsaturated/α-hetero) is 1. The first-order valence-corrected chi connectivity index (χ1v) is 23.2. The van der Waals surface area contributed by atoms with Gasteiger partial charge in [-0.3, -0.25) is 35.0 Å². The van der Waals surface area contributed by atoms with E-state index in [2.05, 4.69) is 55.0 Å². The molecular weight excluding hydrogens is 917 g/mol. The summed E-state index contributed by atoms with van der Waals surface area (Å²) >= 11 is 0. The van der Waals surface area contributed by atoms with Gasteiger partial charge in [0.2, 0.25) is 0 Å². The predicted molar refractivity (Wildman–Crippen MR) is 274 cm³/mol. The maximum atomic E-state index is 12.9. The number of ketones is 1. The van der Waals surface area contributed by atoms with Gasteiger partial charge in [-0.15, -0.1) is 0 Å². The Kier molecular flexibility index (Phi) is 27.5. The predicted octanol–water partition coefficient (Wildman–Crippen LogP) is 6.27. The van der Waals surface area contributed by atoms with E-state index < -0.39 is 58.7 Å². The molecule has 0 fully saturated rings. The Labute approximate surface area is 422 Å². The fourth-order valence-electron chi connectivity index (χ4n) is 5.89. The fraction of sp³-hybridized carbons (Fsp3) is 0.627. The molecule has 2 heterocycles. The number of aliphatic hydroxyl groups excluding tert-OH is 1. The van der Waals surface area contributed by atoms with Crippen LogP contribution in [0.2, 0.25) is 0 Å². The lowest BCUT2D eigenvalue weighted by Crippen LogP contribution is -2.53. The number of hydrogen-bond acceptors (Lipinski definition) is 16. The van der Waals surface area contributed by atoms with Gasteiger partial charge in [0.05, 0.1) is 12.1 Å². The second-order valence-electron chi connectivity index (χ2n) is 19.7. The molecule has 4 amide bonds. The van der Waals surface area contributed by atoms with Crippen molar-refractivity contribution in [1.82, 2.24) is 41.9 Å². The molecule has 2 aromatic rings. The van der Waals surface area contributed by atoms with Crippen molar-refractivity contribution < 1.29 is 57.5 Å². The largest absolute Gasteiger partial charge is 0.491 e. The zero-order valence-corrected chi connectivity index (χ0v) is 44.4. The van der Waals surface area contributed by atoms with Crippen LogP contribution in [0.4, 0.5) is 9.59 Å². The minimum atomic E-state index is -1.09. The van der Waals surface area contributed by atoms with E-state index in [0.29, 0.717) is 56.1 Å². The highest BCUT2D eigenvalue weighted by atomic mass is 16.6. The van der Waals surface area contributed by atoms with Crippen molar-refractivity contribution in [2.45, 2.75) is 171 Å². The number of carbonyl (C=O) groups excluding carboxylic acids is 5. The summed E-state index contributed by atoms with van der Waals surface area (Å²) in [6, 6.07) is 5.69. The minimum Gasteiger partial charge on any atom is -0.491 e. The Balaban J connectivity index is 0.00000136. The van der Waals surface area contributed by atoms with Gasteiger partial charge in [-0.1, -0.05) is 20.6 Å². The highest BCUT2D eigenvalue weighted by Gasteiger charge is 2.33. The van der Waals surface area contributed by atoms with Gasteiger partial charge in [0, 0.05) is 74.4 Å². The summed E-state index contributed by atoms with van der Waals surface area (Å²) in [7, 11) is 2.89. The number of amides is 4. The standard InChI is InChI=1S/C25H42N4O6.C25H40N4O6.CH4/c2*1-16-13-19(14-17(2)27-16)34-15-21(30)20(29-22(31)25(7,8)33-9)11-10-12-26-18(3)28-23(32)35-24(4,5)6;/h13-14,20-21,26,30H,3,10-12,15H2,1-2,4-9H3,(H,28,32)(H,29,31);13-14,20,26H,3,10-12,15H2,1-2,4-9H3,(H,28,32)(H,29,31);1H4/t20-,21?;20-;/m00./s1. The van der Waals surface area contributed by atoms with Crippen LogP contribution in [-0.2, 0) is 33.3 Å². The quantitative estimate of drug-likeness (QED) is 0.0512. The molecule has 0 saturated carbocycles. The average Bonchev–Trinajstić information content (AvgIpc) is 3.21. The number of carbonyl (C=O) groups is 5. The maximum Gasteiger partial charge on any atom is 0.413 e. The summed E-state index contributed by atoms with van der Waals surface area (Å²) in [5.74, 6) is 0.690. The third kappa shape index (κ3) is 27.8. The summed E-state index contributed by atoms with van der Waals surface area (Å²) in [6.07, 6.45) is -0.327. The lowest BCUT2D eigenvalue weighted by Gasteiger charge is -2.29. The third-order valence-electron chi connectivity index (χ3n) is 9.84.